The fourth-order valence-electron chi connectivity index (χ4n) is 3.78. The summed E-state index contributed by atoms with van der Waals surface area (Å²) in [7, 11) is 0. The number of primary amides is 1. The number of likely N-dealkylation sites (tertiary alicyclic amines) is 1. The molecule has 1 aliphatic carbocycles. The van der Waals surface area contributed by atoms with Gasteiger partial charge in [-0.15, -0.1) is 0 Å². The molecule has 0 bridgehead atoms. The maximum Gasteiger partial charge on any atom is 0.244 e. The Morgan fingerprint density at radius 3 is 2.43 bits per heavy atom. The van der Waals surface area contributed by atoms with Crippen LogP contribution in [0, 0.1) is 11.8 Å². The zero-order valence-electron chi connectivity index (χ0n) is 14.3. The molecule has 2 rings (SSSR count). The number of carbonyl (C=O) groups excluding carboxylic acids is 2. The van der Waals surface area contributed by atoms with Gasteiger partial charge in [-0.05, 0) is 56.1 Å². The van der Waals surface area contributed by atoms with Crippen LogP contribution in [0.5, 0.6) is 0 Å². The predicted molar refractivity (Wildman–Crippen MR) is 92.5 cm³/mol. The van der Waals surface area contributed by atoms with Crippen LogP contribution in [0.2, 0.25) is 0 Å². The summed E-state index contributed by atoms with van der Waals surface area (Å²) in [4.78, 5) is 26.7. The van der Waals surface area contributed by atoms with Crippen molar-refractivity contribution >= 4 is 11.8 Å². The molecule has 0 radical (unpaired) electrons. The first kappa shape index (κ1) is 17.5. The van der Waals surface area contributed by atoms with Gasteiger partial charge in [-0.2, -0.15) is 0 Å². The predicted octanol–water partition coefficient (Wildman–Crippen LogP) is 2.96. The highest BCUT2D eigenvalue weighted by Crippen LogP contribution is 2.34. The van der Waals surface area contributed by atoms with Crippen LogP contribution in [0.3, 0.4) is 0 Å². The number of amides is 2. The van der Waals surface area contributed by atoms with E-state index in [0.29, 0.717) is 12.5 Å². The van der Waals surface area contributed by atoms with Crippen LogP contribution in [0.4, 0.5) is 0 Å². The molecule has 0 spiro atoms. The SMILES string of the molecule is C=C/C=C1\C(=C/C)CCN(C(=O)C2CCC(C)CC2)C1C(N)=O. The van der Waals surface area contributed by atoms with Crippen LogP contribution in [0.15, 0.2) is 36.0 Å². The van der Waals surface area contributed by atoms with Crippen molar-refractivity contribution in [2.45, 2.75) is 52.0 Å². The lowest BCUT2D eigenvalue weighted by Crippen LogP contribution is -2.54. The molecular formula is C19H28N2O2. The Hall–Kier alpha value is -1.84. The van der Waals surface area contributed by atoms with Crippen molar-refractivity contribution in [2.75, 3.05) is 6.54 Å². The van der Waals surface area contributed by atoms with Crippen LogP contribution in [0.25, 0.3) is 0 Å². The summed E-state index contributed by atoms with van der Waals surface area (Å²) >= 11 is 0. The number of hydrogen-bond acceptors (Lipinski definition) is 2. The van der Waals surface area contributed by atoms with Gasteiger partial charge in [0, 0.05) is 12.5 Å². The highest BCUT2D eigenvalue weighted by molar-refractivity contribution is 5.91. The molecule has 0 aromatic heterocycles. The van der Waals surface area contributed by atoms with E-state index in [1.54, 1.807) is 11.0 Å². The van der Waals surface area contributed by atoms with E-state index in [-0.39, 0.29) is 11.8 Å². The Balaban J connectivity index is 2.26. The van der Waals surface area contributed by atoms with Crippen molar-refractivity contribution in [3.05, 3.63) is 36.0 Å². The summed E-state index contributed by atoms with van der Waals surface area (Å²) in [6.07, 6.45) is 10.2. The van der Waals surface area contributed by atoms with Crippen LogP contribution in [-0.4, -0.2) is 29.3 Å². The third-order valence-electron chi connectivity index (χ3n) is 5.16. The van der Waals surface area contributed by atoms with Crippen LogP contribution < -0.4 is 5.73 Å². The molecule has 1 unspecified atom stereocenters. The standard InChI is InChI=1S/C19H28N2O2/c1-4-6-16-14(5-2)11-12-21(17(16)18(20)22)19(23)15-9-7-13(3)8-10-15/h4-6,13,15,17H,1,7-12H2,2-3H3,(H2,20,22)/b14-5-,16-6+. The molecule has 2 fully saturated rings. The number of rotatable bonds is 3. The van der Waals surface area contributed by atoms with E-state index in [9.17, 15) is 9.59 Å². The van der Waals surface area contributed by atoms with Gasteiger partial charge in [-0.3, -0.25) is 9.59 Å². The molecule has 126 valence electrons. The number of hydrogen-bond donors (Lipinski definition) is 1. The third-order valence-corrected chi connectivity index (χ3v) is 5.16. The molecule has 2 aliphatic rings. The number of allylic oxidation sites excluding steroid dienone is 3. The molecule has 1 saturated heterocycles. The Bertz CT molecular complexity index is 540. The van der Waals surface area contributed by atoms with E-state index in [2.05, 4.69) is 13.5 Å². The average molecular weight is 316 g/mol. The smallest absolute Gasteiger partial charge is 0.244 e. The third kappa shape index (κ3) is 3.74. The van der Waals surface area contributed by atoms with Gasteiger partial charge in [-0.1, -0.05) is 31.7 Å². The van der Waals surface area contributed by atoms with E-state index in [1.165, 1.54) is 0 Å². The minimum Gasteiger partial charge on any atom is -0.368 e. The van der Waals surface area contributed by atoms with Gasteiger partial charge in [0.15, 0.2) is 0 Å². The lowest BCUT2D eigenvalue weighted by atomic mass is 9.81. The number of nitrogens with zero attached hydrogens (tertiary/aromatic N) is 1. The molecule has 23 heavy (non-hydrogen) atoms. The Labute approximate surface area is 139 Å². The topological polar surface area (TPSA) is 63.4 Å². The molecule has 2 amide bonds. The van der Waals surface area contributed by atoms with Gasteiger partial charge < -0.3 is 10.6 Å². The van der Waals surface area contributed by atoms with Crippen molar-refractivity contribution in [3.8, 4) is 0 Å². The molecule has 4 heteroatoms. The summed E-state index contributed by atoms with van der Waals surface area (Å²) in [6, 6.07) is -0.667. The van der Waals surface area contributed by atoms with Crippen molar-refractivity contribution in [1.29, 1.82) is 0 Å². The molecule has 1 heterocycles. The fraction of sp³-hybridized carbons (Fsp3) is 0.579. The molecule has 1 saturated carbocycles. The van der Waals surface area contributed by atoms with E-state index in [1.807, 2.05) is 19.1 Å². The van der Waals surface area contributed by atoms with Crippen molar-refractivity contribution in [2.24, 2.45) is 17.6 Å². The fourth-order valence-corrected chi connectivity index (χ4v) is 3.78. The van der Waals surface area contributed by atoms with Crippen molar-refractivity contribution < 1.29 is 9.59 Å². The number of carbonyl (C=O) groups is 2. The molecule has 1 aliphatic heterocycles. The van der Waals surface area contributed by atoms with Crippen LogP contribution in [0.1, 0.15) is 46.0 Å². The molecule has 2 N–H and O–H groups in total. The van der Waals surface area contributed by atoms with Gasteiger partial charge in [0.25, 0.3) is 0 Å². The minimum absolute atomic E-state index is 0.0326. The van der Waals surface area contributed by atoms with Gasteiger partial charge >= 0.3 is 0 Å². The van der Waals surface area contributed by atoms with Crippen molar-refractivity contribution in [1.82, 2.24) is 4.90 Å². The van der Waals surface area contributed by atoms with E-state index in [4.69, 9.17) is 5.73 Å². The van der Waals surface area contributed by atoms with Gasteiger partial charge in [0.05, 0.1) is 0 Å². The van der Waals surface area contributed by atoms with Gasteiger partial charge in [-0.25, -0.2) is 0 Å². The lowest BCUT2D eigenvalue weighted by Gasteiger charge is -2.40. The van der Waals surface area contributed by atoms with E-state index in [0.717, 1.165) is 43.3 Å². The Morgan fingerprint density at radius 1 is 1.26 bits per heavy atom. The second kappa shape index (κ2) is 7.62. The second-order valence-corrected chi connectivity index (χ2v) is 6.71. The molecule has 4 nitrogen and oxygen atoms in total. The first-order valence-corrected chi connectivity index (χ1v) is 8.57. The molecular weight excluding hydrogens is 288 g/mol. The average Bonchev–Trinajstić information content (AvgIpc) is 2.54. The van der Waals surface area contributed by atoms with E-state index < -0.39 is 11.9 Å². The summed E-state index contributed by atoms with van der Waals surface area (Å²) in [6.45, 7) is 8.47. The number of piperidine rings is 1. The van der Waals surface area contributed by atoms with E-state index >= 15 is 0 Å². The summed E-state index contributed by atoms with van der Waals surface area (Å²) in [5, 5.41) is 0. The monoisotopic (exact) mass is 316 g/mol. The zero-order valence-corrected chi connectivity index (χ0v) is 14.3. The Kier molecular flexibility index (Phi) is 5.80. The van der Waals surface area contributed by atoms with Gasteiger partial charge in [0.1, 0.15) is 6.04 Å². The van der Waals surface area contributed by atoms with Gasteiger partial charge in [0.2, 0.25) is 11.8 Å². The van der Waals surface area contributed by atoms with Crippen molar-refractivity contribution in [3.63, 3.8) is 0 Å². The number of nitrogens with two attached hydrogens (primary N) is 1. The van der Waals surface area contributed by atoms with Crippen LogP contribution >= 0.6 is 0 Å². The largest absolute Gasteiger partial charge is 0.368 e. The minimum atomic E-state index is -0.667. The summed E-state index contributed by atoms with van der Waals surface area (Å²) in [5.41, 5.74) is 7.55. The zero-order chi connectivity index (χ0) is 17.0. The molecule has 1 atom stereocenters. The normalized spacial score (nSPS) is 32.1. The summed E-state index contributed by atoms with van der Waals surface area (Å²) in [5.74, 6) is 0.351. The molecule has 0 aromatic carbocycles. The summed E-state index contributed by atoms with van der Waals surface area (Å²) < 4.78 is 0. The second-order valence-electron chi connectivity index (χ2n) is 6.71. The lowest BCUT2D eigenvalue weighted by molar-refractivity contribution is -0.143. The Morgan fingerprint density at radius 2 is 1.91 bits per heavy atom. The quantitative estimate of drug-likeness (QED) is 0.870. The highest BCUT2D eigenvalue weighted by Gasteiger charge is 2.39. The first-order chi connectivity index (χ1) is 11.0. The first-order valence-electron chi connectivity index (χ1n) is 8.57. The highest BCUT2D eigenvalue weighted by atomic mass is 16.2. The molecule has 0 aromatic rings. The van der Waals surface area contributed by atoms with Crippen LogP contribution in [-0.2, 0) is 9.59 Å². The maximum absolute atomic E-state index is 13.0. The maximum atomic E-state index is 13.0.